The molecule has 0 saturated carbocycles. The number of carbonyl (C=O) groups excluding carboxylic acids is 2. The third kappa shape index (κ3) is 8.01. The summed E-state index contributed by atoms with van der Waals surface area (Å²) >= 11 is 0. The number of carbonyl (C=O) groups is 3. The molecule has 0 aromatic carbocycles. The van der Waals surface area contributed by atoms with Crippen LogP contribution in [0.4, 0.5) is 4.79 Å². The Bertz CT molecular complexity index is 353. The van der Waals surface area contributed by atoms with Gasteiger partial charge in [-0.25, -0.2) is 9.59 Å². The minimum absolute atomic E-state index is 0.0255. The molecule has 7 nitrogen and oxygen atoms in total. The average Bonchev–Trinajstić information content (AvgIpc) is 2.11. The van der Waals surface area contributed by atoms with Crippen LogP contribution in [0.2, 0.25) is 0 Å². The summed E-state index contributed by atoms with van der Waals surface area (Å²) < 4.78 is 0. The first kappa shape index (κ1) is 17.2. The number of hydrogen-bond donors (Lipinski definition) is 4. The minimum Gasteiger partial charge on any atom is -0.480 e. The summed E-state index contributed by atoms with van der Waals surface area (Å²) in [7, 11) is 0. The van der Waals surface area contributed by atoms with Gasteiger partial charge in [-0.05, 0) is 26.2 Å². The van der Waals surface area contributed by atoms with Gasteiger partial charge in [0.05, 0.1) is 0 Å². The fraction of sp³-hybridized carbons (Fsp3) is 0.750. The zero-order chi connectivity index (χ0) is 15.2. The molecule has 0 saturated heterocycles. The van der Waals surface area contributed by atoms with E-state index in [4.69, 9.17) is 10.8 Å². The van der Waals surface area contributed by atoms with Gasteiger partial charge in [-0.2, -0.15) is 0 Å². The van der Waals surface area contributed by atoms with E-state index in [1.165, 1.54) is 0 Å². The number of hydrogen-bond acceptors (Lipinski definition) is 3. The molecule has 7 heteroatoms. The maximum absolute atomic E-state index is 11.7. The van der Waals surface area contributed by atoms with Crippen molar-refractivity contribution in [2.75, 3.05) is 0 Å². The Kier molecular flexibility index (Phi) is 6.31. The van der Waals surface area contributed by atoms with Crippen molar-refractivity contribution in [3.05, 3.63) is 0 Å². The molecule has 0 aromatic heterocycles. The molecule has 0 aromatic rings. The SMILES string of the molecule is CC(C)C[C@H](NC(=O)NC(C)(C)CC(N)=O)C(=O)O. The maximum Gasteiger partial charge on any atom is 0.326 e. The lowest BCUT2D eigenvalue weighted by atomic mass is 10.0. The van der Waals surface area contributed by atoms with Gasteiger partial charge in [0.25, 0.3) is 0 Å². The average molecular weight is 273 g/mol. The normalized spacial score (nSPS) is 12.9. The smallest absolute Gasteiger partial charge is 0.326 e. The van der Waals surface area contributed by atoms with E-state index in [9.17, 15) is 14.4 Å². The maximum atomic E-state index is 11.7. The van der Waals surface area contributed by atoms with Crippen molar-refractivity contribution in [3.8, 4) is 0 Å². The molecule has 110 valence electrons. The highest BCUT2D eigenvalue weighted by Crippen LogP contribution is 2.08. The van der Waals surface area contributed by atoms with Gasteiger partial charge in [0.15, 0.2) is 0 Å². The molecule has 0 spiro atoms. The van der Waals surface area contributed by atoms with Crippen LogP contribution in [0.3, 0.4) is 0 Å². The number of nitrogens with two attached hydrogens (primary N) is 1. The van der Waals surface area contributed by atoms with Crippen molar-refractivity contribution in [2.45, 2.75) is 52.1 Å². The van der Waals surface area contributed by atoms with Crippen LogP contribution in [0.25, 0.3) is 0 Å². The second-order valence-corrected chi connectivity index (χ2v) is 5.65. The van der Waals surface area contributed by atoms with Gasteiger partial charge >= 0.3 is 12.0 Å². The molecule has 5 N–H and O–H groups in total. The van der Waals surface area contributed by atoms with Crippen LogP contribution in [0.5, 0.6) is 0 Å². The van der Waals surface area contributed by atoms with Crippen molar-refractivity contribution in [3.63, 3.8) is 0 Å². The topological polar surface area (TPSA) is 122 Å². The predicted octanol–water partition coefficient (Wildman–Crippen LogP) is 0.439. The van der Waals surface area contributed by atoms with E-state index in [-0.39, 0.29) is 12.3 Å². The highest BCUT2D eigenvalue weighted by Gasteiger charge is 2.26. The number of primary amides is 1. The number of nitrogens with one attached hydrogen (secondary N) is 2. The molecule has 0 unspecified atom stereocenters. The first-order valence-electron chi connectivity index (χ1n) is 6.13. The van der Waals surface area contributed by atoms with Crippen LogP contribution in [0, 0.1) is 5.92 Å². The van der Waals surface area contributed by atoms with Gasteiger partial charge in [-0.3, -0.25) is 4.79 Å². The van der Waals surface area contributed by atoms with Crippen molar-refractivity contribution in [1.82, 2.24) is 10.6 Å². The van der Waals surface area contributed by atoms with E-state index in [0.29, 0.717) is 6.42 Å². The second-order valence-electron chi connectivity index (χ2n) is 5.65. The van der Waals surface area contributed by atoms with Crippen LogP contribution in [-0.4, -0.2) is 34.6 Å². The van der Waals surface area contributed by atoms with E-state index < -0.39 is 29.5 Å². The summed E-state index contributed by atoms with van der Waals surface area (Å²) in [6, 6.07) is -1.58. The summed E-state index contributed by atoms with van der Waals surface area (Å²) in [6.07, 6.45) is 0.307. The Labute approximate surface area is 112 Å². The minimum atomic E-state index is -1.09. The van der Waals surface area contributed by atoms with Gasteiger partial charge in [0.2, 0.25) is 5.91 Å². The molecule has 0 aliphatic rings. The molecule has 0 radical (unpaired) electrons. The van der Waals surface area contributed by atoms with Gasteiger partial charge in [0, 0.05) is 12.0 Å². The highest BCUT2D eigenvalue weighted by atomic mass is 16.4. The molecule has 0 fully saturated rings. The van der Waals surface area contributed by atoms with Crippen LogP contribution >= 0.6 is 0 Å². The fourth-order valence-corrected chi connectivity index (χ4v) is 1.67. The fourth-order valence-electron chi connectivity index (χ4n) is 1.67. The van der Waals surface area contributed by atoms with Gasteiger partial charge in [0.1, 0.15) is 6.04 Å². The monoisotopic (exact) mass is 273 g/mol. The summed E-state index contributed by atoms with van der Waals surface area (Å²) in [5.41, 5.74) is 4.24. The van der Waals surface area contributed by atoms with Crippen LogP contribution in [0.15, 0.2) is 0 Å². The van der Waals surface area contributed by atoms with Gasteiger partial charge in [-0.1, -0.05) is 13.8 Å². The van der Waals surface area contributed by atoms with Crippen LogP contribution in [-0.2, 0) is 9.59 Å². The number of urea groups is 1. The van der Waals surface area contributed by atoms with Gasteiger partial charge < -0.3 is 21.5 Å². The Morgan fingerprint density at radius 1 is 1.26 bits per heavy atom. The number of carboxylic acid groups (broad SMARTS) is 1. The predicted molar refractivity (Wildman–Crippen MR) is 70.4 cm³/mol. The molecular formula is C12H23N3O4. The van der Waals surface area contributed by atoms with E-state index >= 15 is 0 Å². The molecule has 1 atom stereocenters. The first-order valence-corrected chi connectivity index (χ1v) is 6.13. The van der Waals surface area contributed by atoms with Crippen LogP contribution < -0.4 is 16.4 Å². The molecule has 0 aliphatic carbocycles. The molecule has 19 heavy (non-hydrogen) atoms. The first-order chi connectivity index (χ1) is 8.53. The third-order valence-corrected chi connectivity index (χ3v) is 2.38. The van der Waals surface area contributed by atoms with Crippen molar-refractivity contribution in [2.24, 2.45) is 11.7 Å². The quantitative estimate of drug-likeness (QED) is 0.537. The molecular weight excluding hydrogens is 250 g/mol. The van der Waals surface area contributed by atoms with E-state index in [0.717, 1.165) is 0 Å². The third-order valence-electron chi connectivity index (χ3n) is 2.38. The Morgan fingerprint density at radius 2 is 1.79 bits per heavy atom. The second kappa shape index (κ2) is 6.96. The van der Waals surface area contributed by atoms with Crippen LogP contribution in [0.1, 0.15) is 40.5 Å². The summed E-state index contributed by atoms with van der Waals surface area (Å²) in [5.74, 6) is -1.49. The number of amides is 3. The standard InChI is InChI=1S/C12H23N3O4/c1-7(2)5-8(10(17)18)14-11(19)15-12(3,4)6-9(13)16/h7-8H,5-6H2,1-4H3,(H2,13,16)(H,17,18)(H2,14,15,19)/t8-/m0/s1. The zero-order valence-corrected chi connectivity index (χ0v) is 11.8. The number of rotatable bonds is 7. The molecule has 0 rings (SSSR count). The lowest BCUT2D eigenvalue weighted by molar-refractivity contribution is -0.139. The van der Waals surface area contributed by atoms with E-state index in [1.54, 1.807) is 13.8 Å². The number of carboxylic acids is 1. The van der Waals surface area contributed by atoms with E-state index in [2.05, 4.69) is 10.6 Å². The van der Waals surface area contributed by atoms with E-state index in [1.807, 2.05) is 13.8 Å². The summed E-state index contributed by atoms with van der Waals surface area (Å²) in [4.78, 5) is 33.5. The summed E-state index contributed by atoms with van der Waals surface area (Å²) in [5, 5.41) is 13.9. The largest absolute Gasteiger partial charge is 0.480 e. The Balaban J connectivity index is 4.49. The molecule has 3 amide bonds. The lowest BCUT2D eigenvalue weighted by Gasteiger charge is -2.26. The van der Waals surface area contributed by atoms with Crippen molar-refractivity contribution < 1.29 is 19.5 Å². The van der Waals surface area contributed by atoms with Crippen molar-refractivity contribution in [1.29, 1.82) is 0 Å². The van der Waals surface area contributed by atoms with Crippen molar-refractivity contribution >= 4 is 17.9 Å². The lowest BCUT2D eigenvalue weighted by Crippen LogP contribution is -2.54. The molecule has 0 heterocycles. The van der Waals surface area contributed by atoms with Gasteiger partial charge in [-0.15, -0.1) is 0 Å². The Hall–Kier alpha value is -1.79. The Morgan fingerprint density at radius 3 is 2.16 bits per heavy atom. The summed E-state index contributed by atoms with van der Waals surface area (Å²) in [6.45, 7) is 7.00. The molecule has 0 bridgehead atoms. The highest BCUT2D eigenvalue weighted by molar-refractivity contribution is 5.83. The number of aliphatic carboxylic acids is 1. The molecule has 0 aliphatic heterocycles. The zero-order valence-electron chi connectivity index (χ0n) is 11.8.